The van der Waals surface area contributed by atoms with Crippen molar-refractivity contribution in [2.45, 2.75) is 26.8 Å². The number of rotatable bonds is 8. The van der Waals surface area contributed by atoms with Gasteiger partial charge in [-0.2, -0.15) is 0 Å². The molecule has 1 atom stereocenters. The molecule has 1 aromatic carbocycles. The minimum Gasteiger partial charge on any atom is -0.399 e. The summed E-state index contributed by atoms with van der Waals surface area (Å²) in [4.78, 5) is 14.2. The van der Waals surface area contributed by atoms with Crippen LogP contribution in [0.4, 0.5) is 15.8 Å². The van der Waals surface area contributed by atoms with E-state index in [0.717, 1.165) is 0 Å². The number of benzene rings is 1. The molecule has 0 fully saturated rings. The first-order valence-corrected chi connectivity index (χ1v) is 7.17. The average Bonchev–Trinajstić information content (AvgIpc) is 2.47. The highest BCUT2D eigenvalue weighted by Gasteiger charge is 2.20. The molecule has 1 aromatic rings. The van der Waals surface area contributed by atoms with Gasteiger partial charge in [-0.3, -0.25) is 9.69 Å². The predicted octanol–water partition coefficient (Wildman–Crippen LogP) is 2.09. The third-order valence-electron chi connectivity index (χ3n) is 3.31. The number of nitrogen functional groups attached to an aromatic ring is 1. The van der Waals surface area contributed by atoms with Crippen LogP contribution in [0.3, 0.4) is 0 Å². The second-order valence-electron chi connectivity index (χ2n) is 4.73. The Labute approximate surface area is 125 Å². The summed E-state index contributed by atoms with van der Waals surface area (Å²) in [6.07, 6.45) is 0. The Kier molecular flexibility index (Phi) is 7.11. The summed E-state index contributed by atoms with van der Waals surface area (Å²) in [6.45, 7) is 8.25. The van der Waals surface area contributed by atoms with Gasteiger partial charge in [0.2, 0.25) is 5.91 Å². The fourth-order valence-electron chi connectivity index (χ4n) is 1.99. The van der Waals surface area contributed by atoms with Crippen LogP contribution in [-0.4, -0.2) is 43.2 Å². The molecule has 5 nitrogen and oxygen atoms in total. The summed E-state index contributed by atoms with van der Waals surface area (Å²) in [7, 11) is 0. The monoisotopic (exact) mass is 297 g/mol. The van der Waals surface area contributed by atoms with E-state index in [9.17, 15) is 9.18 Å². The van der Waals surface area contributed by atoms with Crippen molar-refractivity contribution in [3.8, 4) is 0 Å². The van der Waals surface area contributed by atoms with Crippen molar-refractivity contribution in [1.82, 2.24) is 4.90 Å². The van der Waals surface area contributed by atoms with Crippen molar-refractivity contribution in [3.05, 3.63) is 24.0 Å². The minimum atomic E-state index is -0.498. The first-order valence-electron chi connectivity index (χ1n) is 7.17. The number of halogens is 1. The smallest absolute Gasteiger partial charge is 0.241 e. The molecule has 21 heavy (non-hydrogen) atoms. The van der Waals surface area contributed by atoms with E-state index in [2.05, 4.69) is 5.32 Å². The van der Waals surface area contributed by atoms with E-state index >= 15 is 0 Å². The number of ether oxygens (including phenoxy) is 1. The maximum atomic E-state index is 13.6. The number of nitrogens with two attached hydrogens (primary N) is 1. The zero-order chi connectivity index (χ0) is 15.8. The normalized spacial score (nSPS) is 12.4. The lowest BCUT2D eigenvalue weighted by Gasteiger charge is -2.26. The van der Waals surface area contributed by atoms with Crippen LogP contribution in [0.2, 0.25) is 0 Å². The van der Waals surface area contributed by atoms with Gasteiger partial charge in [0.05, 0.1) is 18.3 Å². The number of hydrogen-bond acceptors (Lipinski definition) is 4. The lowest BCUT2D eigenvalue weighted by atomic mass is 10.2. The molecule has 0 saturated heterocycles. The Bertz CT molecular complexity index is 468. The molecule has 118 valence electrons. The summed E-state index contributed by atoms with van der Waals surface area (Å²) in [5.74, 6) is -0.764. The molecule has 1 rings (SSSR count). The maximum Gasteiger partial charge on any atom is 0.241 e. The standard InChI is InChI=1S/C15H24FN3O2/c1-4-19(8-9-21-5-2)11(3)15(20)18-14-10-12(17)6-7-13(14)16/h6-7,10-11H,4-5,8-9,17H2,1-3H3,(H,18,20). The number of anilines is 2. The van der Waals surface area contributed by atoms with E-state index in [1.54, 1.807) is 6.92 Å². The Morgan fingerprint density at radius 3 is 2.81 bits per heavy atom. The van der Waals surface area contributed by atoms with Crippen LogP contribution in [0.5, 0.6) is 0 Å². The molecule has 6 heteroatoms. The number of nitrogens with zero attached hydrogens (tertiary/aromatic N) is 1. The largest absolute Gasteiger partial charge is 0.399 e. The molecule has 0 spiro atoms. The highest BCUT2D eigenvalue weighted by molar-refractivity contribution is 5.95. The third kappa shape index (κ3) is 5.32. The first kappa shape index (κ1) is 17.4. The SMILES string of the molecule is CCOCCN(CC)C(C)C(=O)Nc1cc(N)ccc1F. The number of likely N-dealkylation sites (N-methyl/N-ethyl adjacent to an activating group) is 1. The minimum absolute atomic E-state index is 0.104. The zero-order valence-electron chi connectivity index (χ0n) is 12.9. The maximum absolute atomic E-state index is 13.6. The molecule has 0 heterocycles. The summed E-state index contributed by atoms with van der Waals surface area (Å²) in [5.41, 5.74) is 6.11. The lowest BCUT2D eigenvalue weighted by molar-refractivity contribution is -0.121. The van der Waals surface area contributed by atoms with E-state index in [0.29, 0.717) is 32.0 Å². The summed E-state index contributed by atoms with van der Waals surface area (Å²) >= 11 is 0. The molecule has 3 N–H and O–H groups in total. The second kappa shape index (κ2) is 8.59. The van der Waals surface area contributed by atoms with Crippen LogP contribution >= 0.6 is 0 Å². The van der Waals surface area contributed by atoms with Crippen molar-refractivity contribution in [2.75, 3.05) is 37.4 Å². The molecular formula is C15H24FN3O2. The Balaban J connectivity index is 2.65. The van der Waals surface area contributed by atoms with E-state index < -0.39 is 5.82 Å². The molecule has 0 bridgehead atoms. The number of hydrogen-bond donors (Lipinski definition) is 2. The quantitative estimate of drug-likeness (QED) is 0.569. The molecule has 0 aliphatic rings. The van der Waals surface area contributed by atoms with Gasteiger partial charge in [0.1, 0.15) is 5.82 Å². The molecule has 1 unspecified atom stereocenters. The molecule has 0 aromatic heterocycles. The van der Waals surface area contributed by atoms with Crippen molar-refractivity contribution in [2.24, 2.45) is 0 Å². The summed E-state index contributed by atoms with van der Waals surface area (Å²) in [5, 5.41) is 2.58. The number of carbonyl (C=O) groups is 1. The van der Waals surface area contributed by atoms with Crippen molar-refractivity contribution < 1.29 is 13.9 Å². The molecule has 0 aliphatic carbocycles. The fraction of sp³-hybridized carbons (Fsp3) is 0.533. The lowest BCUT2D eigenvalue weighted by Crippen LogP contribution is -2.43. The van der Waals surface area contributed by atoms with E-state index in [1.165, 1.54) is 18.2 Å². The Hall–Kier alpha value is -1.66. The topological polar surface area (TPSA) is 67.6 Å². The molecular weight excluding hydrogens is 273 g/mol. The highest BCUT2D eigenvalue weighted by Crippen LogP contribution is 2.18. The number of nitrogens with one attached hydrogen (secondary N) is 1. The first-order chi connectivity index (χ1) is 9.99. The van der Waals surface area contributed by atoms with Gasteiger partial charge in [0.15, 0.2) is 0 Å². The predicted molar refractivity (Wildman–Crippen MR) is 82.6 cm³/mol. The van der Waals surface area contributed by atoms with Crippen LogP contribution in [0, 0.1) is 5.82 Å². The van der Waals surface area contributed by atoms with Crippen LogP contribution in [0.25, 0.3) is 0 Å². The van der Waals surface area contributed by atoms with Crippen molar-refractivity contribution in [3.63, 3.8) is 0 Å². The second-order valence-corrected chi connectivity index (χ2v) is 4.73. The van der Waals surface area contributed by atoms with Crippen LogP contribution in [-0.2, 0) is 9.53 Å². The van der Waals surface area contributed by atoms with E-state index in [-0.39, 0.29) is 17.6 Å². The van der Waals surface area contributed by atoms with Gasteiger partial charge in [-0.05, 0) is 38.6 Å². The summed E-state index contributed by atoms with van der Waals surface area (Å²) in [6, 6.07) is 3.73. The van der Waals surface area contributed by atoms with Crippen LogP contribution < -0.4 is 11.1 Å². The van der Waals surface area contributed by atoms with Gasteiger partial charge in [0.25, 0.3) is 0 Å². The van der Waals surface area contributed by atoms with Crippen molar-refractivity contribution >= 4 is 17.3 Å². The van der Waals surface area contributed by atoms with Gasteiger partial charge >= 0.3 is 0 Å². The average molecular weight is 297 g/mol. The third-order valence-corrected chi connectivity index (χ3v) is 3.31. The zero-order valence-corrected chi connectivity index (χ0v) is 12.9. The van der Waals surface area contributed by atoms with Gasteiger partial charge in [-0.1, -0.05) is 6.92 Å². The Morgan fingerprint density at radius 2 is 2.19 bits per heavy atom. The molecule has 0 aliphatic heterocycles. The van der Waals surface area contributed by atoms with Gasteiger partial charge < -0.3 is 15.8 Å². The van der Waals surface area contributed by atoms with E-state index in [1.807, 2.05) is 18.7 Å². The highest BCUT2D eigenvalue weighted by atomic mass is 19.1. The summed E-state index contributed by atoms with van der Waals surface area (Å²) < 4.78 is 18.9. The molecule has 1 amide bonds. The van der Waals surface area contributed by atoms with Gasteiger partial charge in [-0.25, -0.2) is 4.39 Å². The fourth-order valence-corrected chi connectivity index (χ4v) is 1.99. The molecule has 0 saturated carbocycles. The van der Waals surface area contributed by atoms with Crippen LogP contribution in [0.15, 0.2) is 18.2 Å². The molecule has 0 radical (unpaired) electrons. The van der Waals surface area contributed by atoms with Crippen LogP contribution in [0.1, 0.15) is 20.8 Å². The van der Waals surface area contributed by atoms with Gasteiger partial charge in [0, 0.05) is 18.8 Å². The number of carbonyl (C=O) groups excluding carboxylic acids is 1. The van der Waals surface area contributed by atoms with Gasteiger partial charge in [-0.15, -0.1) is 0 Å². The van der Waals surface area contributed by atoms with E-state index in [4.69, 9.17) is 10.5 Å². The Morgan fingerprint density at radius 1 is 1.48 bits per heavy atom. The number of amides is 1. The van der Waals surface area contributed by atoms with Crippen molar-refractivity contribution in [1.29, 1.82) is 0 Å².